The summed E-state index contributed by atoms with van der Waals surface area (Å²) in [6.45, 7) is 1.68. The number of ether oxygens (including phenoxy) is 2. The van der Waals surface area contributed by atoms with E-state index in [2.05, 4.69) is 4.74 Å². The van der Waals surface area contributed by atoms with Crippen LogP contribution in [0.5, 0.6) is 11.5 Å². The number of carbonyl (C=O) groups excluding carboxylic acids is 1. The number of alkyl halides is 3. The maximum Gasteiger partial charge on any atom is 0.573 e. The minimum atomic E-state index is -4.97. The molecule has 2 heterocycles. The van der Waals surface area contributed by atoms with E-state index < -0.39 is 41.1 Å². The fourth-order valence-electron chi connectivity index (χ4n) is 4.60. The van der Waals surface area contributed by atoms with E-state index >= 15 is 0 Å². The van der Waals surface area contributed by atoms with Crippen LogP contribution >= 0.6 is 0 Å². The summed E-state index contributed by atoms with van der Waals surface area (Å²) in [6.07, 6.45) is -5.79. The van der Waals surface area contributed by atoms with E-state index in [1.165, 1.54) is 4.90 Å². The average molecular weight is 409 g/mol. The van der Waals surface area contributed by atoms with Gasteiger partial charge in [-0.2, -0.15) is 0 Å². The summed E-state index contributed by atoms with van der Waals surface area (Å²) in [4.78, 5) is 14.0. The van der Waals surface area contributed by atoms with Gasteiger partial charge < -0.3 is 19.5 Å². The number of rotatable bonds is 3. The monoisotopic (exact) mass is 409 g/mol. The molecule has 0 spiro atoms. The Morgan fingerprint density at radius 2 is 2.03 bits per heavy atom. The molecule has 9 heteroatoms. The van der Waals surface area contributed by atoms with Gasteiger partial charge in [0.05, 0.1) is 5.41 Å². The lowest BCUT2D eigenvalue weighted by Crippen LogP contribution is -2.38. The first-order chi connectivity index (χ1) is 13.5. The topological polar surface area (TPSA) is 59.0 Å². The molecular weight excluding hydrogens is 394 g/mol. The molecule has 2 aromatic rings. The van der Waals surface area contributed by atoms with Crippen LogP contribution in [-0.4, -0.2) is 34.4 Å². The predicted molar refractivity (Wildman–Crippen MR) is 90.8 cm³/mol. The lowest BCUT2D eigenvalue weighted by molar-refractivity contribution is -0.274. The van der Waals surface area contributed by atoms with Gasteiger partial charge in [0.2, 0.25) is 0 Å². The summed E-state index contributed by atoms with van der Waals surface area (Å²) in [5.41, 5.74) is -0.807. The van der Waals surface area contributed by atoms with Crippen molar-refractivity contribution < 1.29 is 36.9 Å². The van der Waals surface area contributed by atoms with Crippen LogP contribution in [0.3, 0.4) is 0 Å². The molecule has 0 saturated heterocycles. The van der Waals surface area contributed by atoms with Crippen LogP contribution in [0.2, 0.25) is 0 Å². The zero-order valence-electron chi connectivity index (χ0n) is 15.1. The summed E-state index contributed by atoms with van der Waals surface area (Å²) in [5, 5.41) is 10.6. The number of fused-ring (bicyclic) bond motifs is 4. The second-order valence-corrected chi connectivity index (χ2v) is 7.82. The summed E-state index contributed by atoms with van der Waals surface area (Å²) >= 11 is 0. The Bertz CT molecular complexity index is 1060. The number of aliphatic hydroxyl groups excluding tert-OH is 1. The largest absolute Gasteiger partial charge is 0.573 e. The van der Waals surface area contributed by atoms with Gasteiger partial charge in [-0.25, -0.2) is 4.39 Å². The first-order valence-electron chi connectivity index (χ1n) is 8.91. The highest BCUT2D eigenvalue weighted by molar-refractivity contribution is 5.99. The van der Waals surface area contributed by atoms with Crippen molar-refractivity contribution in [3.63, 3.8) is 0 Å². The third-order valence-electron chi connectivity index (χ3n) is 6.09. The molecular formula is C20H15F4NO4. The smallest absolute Gasteiger partial charge is 0.483 e. The highest BCUT2D eigenvalue weighted by Crippen LogP contribution is 2.68. The quantitative estimate of drug-likeness (QED) is 0.787. The molecule has 3 unspecified atom stereocenters. The minimum absolute atomic E-state index is 0.0277. The zero-order chi connectivity index (χ0) is 20.8. The first kappa shape index (κ1) is 18.2. The Morgan fingerprint density at radius 3 is 2.72 bits per heavy atom. The number of aliphatic hydroxyl groups is 1. The number of carbonyl (C=O) groups is 1. The maximum absolute atomic E-state index is 14.4. The van der Waals surface area contributed by atoms with Gasteiger partial charge in [0.15, 0.2) is 17.8 Å². The fraction of sp³-hybridized carbons (Fsp3) is 0.350. The molecule has 1 fully saturated rings. The summed E-state index contributed by atoms with van der Waals surface area (Å²) in [6, 6.07) is 8.33. The lowest BCUT2D eigenvalue weighted by atomic mass is 9.92. The minimum Gasteiger partial charge on any atom is -0.483 e. The van der Waals surface area contributed by atoms with Gasteiger partial charge in [-0.05, 0) is 19.1 Å². The van der Waals surface area contributed by atoms with Crippen molar-refractivity contribution in [3.05, 3.63) is 58.9 Å². The molecule has 0 aromatic heterocycles. The van der Waals surface area contributed by atoms with Crippen molar-refractivity contribution in [2.75, 3.05) is 6.54 Å². The van der Waals surface area contributed by atoms with Crippen LogP contribution in [0.15, 0.2) is 36.4 Å². The molecule has 3 aliphatic rings. The van der Waals surface area contributed by atoms with Crippen LogP contribution in [0.1, 0.15) is 41.1 Å². The molecule has 0 bridgehead atoms. The number of amides is 1. The van der Waals surface area contributed by atoms with E-state index in [0.29, 0.717) is 23.6 Å². The van der Waals surface area contributed by atoms with Gasteiger partial charge in [-0.1, -0.05) is 18.2 Å². The molecule has 1 N–H and O–H groups in total. The number of nitrogens with zero attached hydrogens (tertiary/aromatic N) is 1. The SMILES string of the molecule is CC12CC1(CN1C(=O)c3ccccc3C1O)c1cc(OC(F)(F)F)cc(F)c1O2. The Kier molecular flexibility index (Phi) is 3.40. The molecule has 1 saturated carbocycles. The van der Waals surface area contributed by atoms with Crippen molar-refractivity contribution in [1.82, 2.24) is 4.90 Å². The number of hydrogen-bond acceptors (Lipinski definition) is 4. The van der Waals surface area contributed by atoms with Crippen molar-refractivity contribution in [2.45, 2.75) is 37.0 Å². The molecule has 152 valence electrons. The van der Waals surface area contributed by atoms with Gasteiger partial charge in [0.1, 0.15) is 11.4 Å². The fourth-order valence-corrected chi connectivity index (χ4v) is 4.60. The van der Waals surface area contributed by atoms with Gasteiger partial charge in [0.25, 0.3) is 5.91 Å². The van der Waals surface area contributed by atoms with E-state index in [-0.39, 0.29) is 17.9 Å². The van der Waals surface area contributed by atoms with Gasteiger partial charge in [-0.15, -0.1) is 13.2 Å². The molecule has 29 heavy (non-hydrogen) atoms. The third-order valence-corrected chi connectivity index (χ3v) is 6.09. The van der Waals surface area contributed by atoms with Gasteiger partial charge in [-0.3, -0.25) is 4.79 Å². The second-order valence-electron chi connectivity index (χ2n) is 7.82. The Hall–Kier alpha value is -2.81. The molecule has 5 rings (SSSR count). The molecule has 3 atom stereocenters. The predicted octanol–water partition coefficient (Wildman–Crippen LogP) is 3.66. The van der Waals surface area contributed by atoms with Gasteiger partial charge >= 0.3 is 6.36 Å². The van der Waals surface area contributed by atoms with Crippen molar-refractivity contribution >= 4 is 5.91 Å². The van der Waals surface area contributed by atoms with E-state index in [9.17, 15) is 27.5 Å². The summed E-state index contributed by atoms with van der Waals surface area (Å²) < 4.78 is 61.9. The molecule has 5 nitrogen and oxygen atoms in total. The molecule has 1 amide bonds. The maximum atomic E-state index is 14.4. The standard InChI is InChI=1S/C20H15F4NO4/c1-18-8-19(18,9-25-16(26)11-4-2-3-5-12(11)17(25)27)13-6-10(28-20(22,23)24)7-14(21)15(13)29-18/h2-7,16,26H,8-9H2,1H3. The summed E-state index contributed by atoms with van der Waals surface area (Å²) in [7, 11) is 0. The van der Waals surface area contributed by atoms with E-state index in [4.69, 9.17) is 4.74 Å². The molecule has 1 aliphatic carbocycles. The average Bonchev–Trinajstić information content (AvgIpc) is 3.05. The lowest BCUT2D eigenvalue weighted by Gasteiger charge is -2.26. The molecule has 0 radical (unpaired) electrons. The summed E-state index contributed by atoms with van der Waals surface area (Å²) in [5.74, 6) is -2.20. The Balaban J connectivity index is 1.53. The van der Waals surface area contributed by atoms with Gasteiger partial charge in [0, 0.05) is 35.7 Å². The number of halogens is 4. The zero-order valence-corrected chi connectivity index (χ0v) is 15.1. The van der Waals surface area contributed by atoms with E-state index in [1.807, 2.05) is 0 Å². The number of benzene rings is 2. The molecule has 2 aromatic carbocycles. The van der Waals surface area contributed by atoms with Crippen LogP contribution < -0.4 is 9.47 Å². The van der Waals surface area contributed by atoms with Crippen molar-refractivity contribution in [3.8, 4) is 11.5 Å². The van der Waals surface area contributed by atoms with Crippen LogP contribution in [0.4, 0.5) is 17.6 Å². The van der Waals surface area contributed by atoms with Crippen LogP contribution in [-0.2, 0) is 5.41 Å². The highest BCUT2D eigenvalue weighted by atomic mass is 19.4. The highest BCUT2D eigenvalue weighted by Gasteiger charge is 2.74. The van der Waals surface area contributed by atoms with Crippen molar-refractivity contribution in [2.24, 2.45) is 0 Å². The normalized spacial score (nSPS) is 29.2. The second kappa shape index (κ2) is 5.41. The van der Waals surface area contributed by atoms with E-state index in [0.717, 1.165) is 6.07 Å². The first-order valence-corrected chi connectivity index (χ1v) is 8.91. The Labute approximate surface area is 162 Å². The van der Waals surface area contributed by atoms with Crippen LogP contribution in [0.25, 0.3) is 0 Å². The third kappa shape index (κ3) is 2.46. The van der Waals surface area contributed by atoms with Crippen LogP contribution in [0, 0.1) is 5.82 Å². The van der Waals surface area contributed by atoms with Crippen molar-refractivity contribution in [1.29, 1.82) is 0 Å². The molecule has 2 aliphatic heterocycles. The number of hydrogen-bond donors (Lipinski definition) is 1. The van der Waals surface area contributed by atoms with E-state index in [1.54, 1.807) is 31.2 Å². The Morgan fingerprint density at radius 1 is 1.31 bits per heavy atom.